The highest BCUT2D eigenvalue weighted by Crippen LogP contribution is 2.24. The summed E-state index contributed by atoms with van der Waals surface area (Å²) in [5, 5.41) is 9.23. The Balaban J connectivity index is 1.90. The van der Waals surface area contributed by atoms with Crippen molar-refractivity contribution < 1.29 is 9.84 Å². The fraction of sp³-hybridized carbons (Fsp3) is 1.00. The summed E-state index contributed by atoms with van der Waals surface area (Å²) in [6.45, 7) is 4.24. The zero-order chi connectivity index (χ0) is 11.4. The van der Waals surface area contributed by atoms with Gasteiger partial charge in [-0.1, -0.05) is 25.7 Å². The number of aliphatic hydroxyl groups is 1. The first-order chi connectivity index (χ1) is 7.79. The first kappa shape index (κ1) is 12.3. The van der Waals surface area contributed by atoms with E-state index in [0.717, 1.165) is 19.1 Å². The summed E-state index contributed by atoms with van der Waals surface area (Å²) in [7, 11) is 0. The minimum atomic E-state index is 0.0343. The molecule has 2 unspecified atom stereocenters. The second-order valence-corrected chi connectivity index (χ2v) is 5.35. The Hall–Kier alpha value is -0.120. The highest BCUT2D eigenvalue weighted by molar-refractivity contribution is 4.82. The van der Waals surface area contributed by atoms with E-state index in [2.05, 4.69) is 11.8 Å². The topological polar surface area (TPSA) is 32.7 Å². The molecular formula is C13H25NO2. The van der Waals surface area contributed by atoms with Gasteiger partial charge in [-0.05, 0) is 19.8 Å². The smallest absolute Gasteiger partial charge is 0.0936 e. The number of hydrogen-bond acceptors (Lipinski definition) is 3. The summed E-state index contributed by atoms with van der Waals surface area (Å²) in [5.74, 6) is 0. The second kappa shape index (κ2) is 5.99. The third kappa shape index (κ3) is 3.19. The van der Waals surface area contributed by atoms with Gasteiger partial charge < -0.3 is 9.84 Å². The molecule has 1 N–H and O–H groups in total. The quantitative estimate of drug-likeness (QED) is 0.730. The lowest BCUT2D eigenvalue weighted by molar-refractivity contribution is -0.106. The van der Waals surface area contributed by atoms with Crippen LogP contribution in [0, 0.1) is 0 Å². The van der Waals surface area contributed by atoms with E-state index in [4.69, 9.17) is 4.74 Å². The maximum atomic E-state index is 9.23. The van der Waals surface area contributed by atoms with E-state index in [1.54, 1.807) is 0 Å². The van der Waals surface area contributed by atoms with Gasteiger partial charge in [0.1, 0.15) is 0 Å². The minimum Gasteiger partial charge on any atom is -0.394 e. The highest BCUT2D eigenvalue weighted by atomic mass is 16.5. The molecule has 1 saturated heterocycles. The molecule has 3 nitrogen and oxygen atoms in total. The Labute approximate surface area is 98.8 Å². The molecule has 0 radical (unpaired) electrons. The van der Waals surface area contributed by atoms with Gasteiger partial charge in [0, 0.05) is 19.1 Å². The fourth-order valence-corrected chi connectivity index (χ4v) is 3.10. The third-order valence-corrected chi connectivity index (χ3v) is 3.90. The van der Waals surface area contributed by atoms with Gasteiger partial charge in [0.25, 0.3) is 0 Å². The van der Waals surface area contributed by atoms with Crippen LogP contribution in [-0.2, 0) is 4.74 Å². The summed E-state index contributed by atoms with van der Waals surface area (Å²) >= 11 is 0. The van der Waals surface area contributed by atoms with Crippen molar-refractivity contribution in [3.05, 3.63) is 0 Å². The fourth-order valence-electron chi connectivity index (χ4n) is 3.10. The molecule has 1 heterocycles. The molecule has 16 heavy (non-hydrogen) atoms. The summed E-state index contributed by atoms with van der Waals surface area (Å²) < 4.78 is 5.70. The molecule has 2 atom stereocenters. The van der Waals surface area contributed by atoms with Crippen LogP contribution in [0.5, 0.6) is 0 Å². The van der Waals surface area contributed by atoms with Gasteiger partial charge in [0.2, 0.25) is 0 Å². The molecule has 0 aromatic rings. The lowest BCUT2D eigenvalue weighted by Gasteiger charge is -2.40. The number of aliphatic hydroxyl groups excluding tert-OH is 1. The monoisotopic (exact) mass is 227 g/mol. The van der Waals surface area contributed by atoms with Gasteiger partial charge >= 0.3 is 0 Å². The van der Waals surface area contributed by atoms with E-state index in [0.29, 0.717) is 0 Å². The van der Waals surface area contributed by atoms with Crippen LogP contribution in [0.2, 0.25) is 0 Å². The third-order valence-electron chi connectivity index (χ3n) is 3.90. The van der Waals surface area contributed by atoms with Gasteiger partial charge in [-0.2, -0.15) is 0 Å². The average molecular weight is 227 g/mol. The predicted octanol–water partition coefficient (Wildman–Crippen LogP) is 1.79. The molecule has 2 fully saturated rings. The molecule has 1 aliphatic carbocycles. The van der Waals surface area contributed by atoms with Crippen LogP contribution in [-0.4, -0.2) is 48.0 Å². The van der Waals surface area contributed by atoms with Crippen molar-refractivity contribution in [2.24, 2.45) is 0 Å². The molecule has 0 bridgehead atoms. The van der Waals surface area contributed by atoms with Gasteiger partial charge in [0.05, 0.1) is 18.8 Å². The number of hydrogen-bond donors (Lipinski definition) is 1. The minimum absolute atomic E-state index is 0.0343. The molecule has 1 saturated carbocycles. The van der Waals surface area contributed by atoms with Crippen molar-refractivity contribution in [2.75, 3.05) is 19.7 Å². The summed E-state index contributed by atoms with van der Waals surface area (Å²) in [6.07, 6.45) is 8.54. The predicted molar refractivity (Wildman–Crippen MR) is 64.5 cm³/mol. The van der Waals surface area contributed by atoms with Gasteiger partial charge in [-0.3, -0.25) is 4.90 Å². The molecule has 0 spiro atoms. The molecule has 0 amide bonds. The van der Waals surface area contributed by atoms with Crippen LogP contribution in [0.4, 0.5) is 0 Å². The number of ether oxygens (including phenoxy) is 1. The zero-order valence-corrected chi connectivity index (χ0v) is 10.4. The molecule has 3 heteroatoms. The molecule has 0 aromatic heterocycles. The Kier molecular flexibility index (Phi) is 4.62. The van der Waals surface area contributed by atoms with Gasteiger partial charge in [-0.15, -0.1) is 0 Å². The Morgan fingerprint density at radius 3 is 2.44 bits per heavy atom. The first-order valence-corrected chi connectivity index (χ1v) is 6.80. The number of nitrogens with zero attached hydrogens (tertiary/aromatic N) is 1. The Morgan fingerprint density at radius 1 is 1.12 bits per heavy atom. The van der Waals surface area contributed by atoms with Crippen LogP contribution < -0.4 is 0 Å². The van der Waals surface area contributed by atoms with E-state index in [9.17, 15) is 5.11 Å². The molecule has 94 valence electrons. The van der Waals surface area contributed by atoms with Crippen LogP contribution >= 0.6 is 0 Å². The standard InChI is InChI=1S/C13H25NO2/c1-11-8-14(9-13(10-15)16-11)12-6-4-2-3-5-7-12/h11-13,15H,2-10H2,1H3. The Morgan fingerprint density at radius 2 is 1.81 bits per heavy atom. The van der Waals surface area contributed by atoms with Crippen LogP contribution in [0.15, 0.2) is 0 Å². The van der Waals surface area contributed by atoms with Crippen molar-refractivity contribution in [1.82, 2.24) is 4.90 Å². The SMILES string of the molecule is CC1CN(C2CCCCCC2)CC(CO)O1. The lowest BCUT2D eigenvalue weighted by atomic mass is 10.0. The van der Waals surface area contributed by atoms with Crippen LogP contribution in [0.3, 0.4) is 0 Å². The second-order valence-electron chi connectivity index (χ2n) is 5.35. The summed E-state index contributed by atoms with van der Waals surface area (Å²) in [4.78, 5) is 2.56. The number of morpholine rings is 1. The van der Waals surface area contributed by atoms with Crippen LogP contribution in [0.25, 0.3) is 0 Å². The summed E-state index contributed by atoms with van der Waals surface area (Å²) in [5.41, 5.74) is 0. The first-order valence-electron chi connectivity index (χ1n) is 6.80. The lowest BCUT2D eigenvalue weighted by Crippen LogP contribution is -2.51. The van der Waals surface area contributed by atoms with Crippen molar-refractivity contribution in [1.29, 1.82) is 0 Å². The van der Waals surface area contributed by atoms with Crippen molar-refractivity contribution in [3.63, 3.8) is 0 Å². The largest absolute Gasteiger partial charge is 0.394 e. The van der Waals surface area contributed by atoms with Gasteiger partial charge in [0.15, 0.2) is 0 Å². The maximum Gasteiger partial charge on any atom is 0.0936 e. The molecule has 2 rings (SSSR count). The van der Waals surface area contributed by atoms with E-state index >= 15 is 0 Å². The average Bonchev–Trinajstić information content (AvgIpc) is 2.56. The van der Waals surface area contributed by atoms with E-state index in [-0.39, 0.29) is 18.8 Å². The molecule has 1 aliphatic heterocycles. The van der Waals surface area contributed by atoms with Crippen LogP contribution in [0.1, 0.15) is 45.4 Å². The number of rotatable bonds is 2. The van der Waals surface area contributed by atoms with Crippen molar-refractivity contribution in [3.8, 4) is 0 Å². The normalized spacial score (nSPS) is 34.9. The summed E-state index contributed by atoms with van der Waals surface area (Å²) in [6, 6.07) is 0.739. The van der Waals surface area contributed by atoms with Crippen molar-refractivity contribution >= 4 is 0 Å². The maximum absolute atomic E-state index is 9.23. The Bertz CT molecular complexity index is 202. The van der Waals surface area contributed by atoms with Gasteiger partial charge in [-0.25, -0.2) is 0 Å². The van der Waals surface area contributed by atoms with Crippen molar-refractivity contribution in [2.45, 2.75) is 63.7 Å². The van der Waals surface area contributed by atoms with E-state index < -0.39 is 0 Å². The molecule has 0 aromatic carbocycles. The zero-order valence-electron chi connectivity index (χ0n) is 10.4. The van der Waals surface area contributed by atoms with E-state index in [1.807, 2.05) is 0 Å². The highest BCUT2D eigenvalue weighted by Gasteiger charge is 2.29. The molecular weight excluding hydrogens is 202 g/mol. The van der Waals surface area contributed by atoms with E-state index in [1.165, 1.54) is 38.5 Å². The molecule has 2 aliphatic rings.